The van der Waals surface area contributed by atoms with E-state index in [9.17, 15) is 0 Å². The number of hydrogen-bond donors (Lipinski definition) is 1. The Kier molecular flexibility index (Phi) is 7.63. The lowest BCUT2D eigenvalue weighted by molar-refractivity contribution is 0.324. The Morgan fingerprint density at radius 2 is 1.75 bits per heavy atom. The van der Waals surface area contributed by atoms with E-state index in [0.717, 1.165) is 25.4 Å². The molecule has 0 bridgehead atoms. The molecule has 0 aliphatic heterocycles. The van der Waals surface area contributed by atoms with Gasteiger partial charge in [-0.15, -0.1) is 11.8 Å². The number of nitrogens with zero attached hydrogens (tertiary/aromatic N) is 1. The third kappa shape index (κ3) is 6.78. The fourth-order valence-electron chi connectivity index (χ4n) is 1.98. The first kappa shape index (κ1) is 17.5. The maximum absolute atomic E-state index is 3.58. The monoisotopic (exact) mass is 294 g/mol. The molecule has 114 valence electrons. The summed E-state index contributed by atoms with van der Waals surface area (Å²) in [5, 5.41) is 3.58. The molecule has 0 amide bonds. The van der Waals surface area contributed by atoms with Gasteiger partial charge in [0.15, 0.2) is 0 Å². The van der Waals surface area contributed by atoms with Gasteiger partial charge in [-0.1, -0.05) is 32.0 Å². The summed E-state index contributed by atoms with van der Waals surface area (Å²) in [5.74, 6) is 1.16. The van der Waals surface area contributed by atoms with E-state index in [-0.39, 0.29) is 5.54 Å². The highest BCUT2D eigenvalue weighted by Gasteiger charge is 2.10. The van der Waals surface area contributed by atoms with E-state index in [0.29, 0.717) is 0 Å². The largest absolute Gasteiger partial charge is 0.308 e. The van der Waals surface area contributed by atoms with Crippen LogP contribution < -0.4 is 5.32 Å². The van der Waals surface area contributed by atoms with Gasteiger partial charge in [-0.05, 0) is 45.5 Å². The van der Waals surface area contributed by atoms with E-state index < -0.39 is 0 Å². The van der Waals surface area contributed by atoms with Crippen molar-refractivity contribution in [3.05, 3.63) is 29.8 Å². The molecule has 1 aromatic rings. The summed E-state index contributed by atoms with van der Waals surface area (Å²) >= 11 is 1.98. The maximum Gasteiger partial charge on any atom is 0.0221 e. The van der Waals surface area contributed by atoms with Crippen molar-refractivity contribution in [1.82, 2.24) is 10.2 Å². The predicted molar refractivity (Wildman–Crippen MR) is 91.5 cm³/mol. The smallest absolute Gasteiger partial charge is 0.0221 e. The lowest BCUT2D eigenvalue weighted by atomic mass is 10.1. The molecule has 0 aliphatic rings. The summed E-state index contributed by atoms with van der Waals surface area (Å²) in [5.41, 5.74) is 1.57. The van der Waals surface area contributed by atoms with E-state index in [1.165, 1.54) is 17.0 Å². The van der Waals surface area contributed by atoms with Gasteiger partial charge in [0.25, 0.3) is 0 Å². The molecule has 0 heterocycles. The molecular formula is C17H30N2S. The zero-order valence-corrected chi connectivity index (χ0v) is 14.5. The quantitative estimate of drug-likeness (QED) is 0.729. The molecule has 1 aromatic carbocycles. The van der Waals surface area contributed by atoms with Crippen molar-refractivity contribution in [1.29, 1.82) is 0 Å². The first-order valence-electron chi connectivity index (χ1n) is 7.64. The van der Waals surface area contributed by atoms with Gasteiger partial charge >= 0.3 is 0 Å². The molecule has 0 saturated heterocycles. The third-order valence-corrected chi connectivity index (χ3v) is 4.44. The Balaban J connectivity index is 2.53. The topological polar surface area (TPSA) is 15.3 Å². The van der Waals surface area contributed by atoms with Crippen LogP contribution in [-0.2, 0) is 6.54 Å². The Bertz CT molecular complexity index is 381. The molecular weight excluding hydrogens is 264 g/mol. The number of hydrogen-bond acceptors (Lipinski definition) is 3. The second-order valence-electron chi connectivity index (χ2n) is 6.09. The van der Waals surface area contributed by atoms with Crippen molar-refractivity contribution < 1.29 is 0 Å². The third-order valence-electron chi connectivity index (χ3n) is 3.34. The summed E-state index contributed by atoms with van der Waals surface area (Å²) in [6, 6.07) is 8.75. The van der Waals surface area contributed by atoms with Crippen molar-refractivity contribution in [2.24, 2.45) is 0 Å². The minimum Gasteiger partial charge on any atom is -0.308 e. The second-order valence-corrected chi connectivity index (χ2v) is 7.22. The van der Waals surface area contributed by atoms with Crippen LogP contribution in [0.5, 0.6) is 0 Å². The molecule has 0 aromatic heterocycles. The Hall–Kier alpha value is -0.510. The van der Waals surface area contributed by atoms with Gasteiger partial charge < -0.3 is 10.2 Å². The lowest BCUT2D eigenvalue weighted by Crippen LogP contribution is -2.35. The molecule has 1 rings (SSSR count). The Morgan fingerprint density at radius 1 is 1.10 bits per heavy atom. The van der Waals surface area contributed by atoms with Crippen LogP contribution in [0.2, 0.25) is 0 Å². The van der Waals surface area contributed by atoms with Gasteiger partial charge in [0, 0.05) is 29.3 Å². The first-order valence-corrected chi connectivity index (χ1v) is 8.63. The van der Waals surface area contributed by atoms with Gasteiger partial charge in [-0.25, -0.2) is 0 Å². The fraction of sp³-hybridized carbons (Fsp3) is 0.647. The van der Waals surface area contributed by atoms with Crippen molar-refractivity contribution >= 4 is 11.8 Å². The standard InChI is InChI=1S/C17H30N2S/c1-6-19(7-2)12-13-20-16-11-9-8-10-15(16)14-18-17(3,4)5/h8-11,18H,6-7,12-14H2,1-5H3. The molecule has 0 aliphatic carbocycles. The molecule has 0 unspecified atom stereocenters. The normalized spacial score (nSPS) is 12.1. The maximum atomic E-state index is 3.58. The summed E-state index contributed by atoms with van der Waals surface area (Å²) < 4.78 is 0. The predicted octanol–water partition coefficient (Wildman–Crippen LogP) is 4.01. The SMILES string of the molecule is CCN(CC)CCSc1ccccc1CNC(C)(C)C. The van der Waals surface area contributed by atoms with Gasteiger partial charge in [0.05, 0.1) is 0 Å². The highest BCUT2D eigenvalue weighted by Crippen LogP contribution is 2.23. The van der Waals surface area contributed by atoms with Gasteiger partial charge in [-0.3, -0.25) is 0 Å². The van der Waals surface area contributed by atoms with E-state index in [4.69, 9.17) is 0 Å². The summed E-state index contributed by atoms with van der Waals surface area (Å²) in [6.07, 6.45) is 0. The fourth-order valence-corrected chi connectivity index (χ4v) is 3.05. The molecule has 0 radical (unpaired) electrons. The van der Waals surface area contributed by atoms with Crippen LogP contribution in [0.4, 0.5) is 0 Å². The van der Waals surface area contributed by atoms with E-state index in [2.05, 4.69) is 69.1 Å². The van der Waals surface area contributed by atoms with E-state index >= 15 is 0 Å². The summed E-state index contributed by atoms with van der Waals surface area (Å²) in [4.78, 5) is 3.89. The van der Waals surface area contributed by atoms with Gasteiger partial charge in [-0.2, -0.15) is 0 Å². The average Bonchev–Trinajstić information content (AvgIpc) is 2.41. The zero-order chi connectivity index (χ0) is 15.0. The number of rotatable bonds is 8. The van der Waals surface area contributed by atoms with Crippen LogP contribution in [0.1, 0.15) is 40.2 Å². The van der Waals surface area contributed by atoms with Crippen molar-refractivity contribution in [3.63, 3.8) is 0 Å². The van der Waals surface area contributed by atoms with Crippen LogP contribution in [0, 0.1) is 0 Å². The molecule has 3 heteroatoms. The Labute approximate surface area is 129 Å². The lowest BCUT2D eigenvalue weighted by Gasteiger charge is -2.22. The minimum atomic E-state index is 0.166. The molecule has 0 atom stereocenters. The van der Waals surface area contributed by atoms with Crippen LogP contribution in [0.15, 0.2) is 29.2 Å². The van der Waals surface area contributed by atoms with Crippen molar-refractivity contribution in [2.75, 3.05) is 25.4 Å². The van der Waals surface area contributed by atoms with Crippen molar-refractivity contribution in [2.45, 2.75) is 51.6 Å². The molecule has 0 saturated carbocycles. The number of nitrogens with one attached hydrogen (secondary N) is 1. The van der Waals surface area contributed by atoms with Gasteiger partial charge in [0.1, 0.15) is 0 Å². The second kappa shape index (κ2) is 8.71. The molecule has 1 N–H and O–H groups in total. The van der Waals surface area contributed by atoms with E-state index in [1.54, 1.807) is 0 Å². The molecule has 0 spiro atoms. The van der Waals surface area contributed by atoms with Crippen molar-refractivity contribution in [3.8, 4) is 0 Å². The summed E-state index contributed by atoms with van der Waals surface area (Å²) in [6.45, 7) is 15.5. The van der Waals surface area contributed by atoms with Crippen LogP contribution in [0.25, 0.3) is 0 Å². The minimum absolute atomic E-state index is 0.166. The number of thioether (sulfide) groups is 1. The Morgan fingerprint density at radius 3 is 2.35 bits per heavy atom. The van der Waals surface area contributed by atoms with Gasteiger partial charge in [0.2, 0.25) is 0 Å². The molecule has 0 fully saturated rings. The number of benzene rings is 1. The molecule has 20 heavy (non-hydrogen) atoms. The van der Waals surface area contributed by atoms with Crippen LogP contribution in [-0.4, -0.2) is 35.8 Å². The average molecular weight is 295 g/mol. The molecule has 2 nitrogen and oxygen atoms in total. The van der Waals surface area contributed by atoms with Crippen LogP contribution in [0.3, 0.4) is 0 Å². The van der Waals surface area contributed by atoms with Crippen LogP contribution >= 0.6 is 11.8 Å². The van der Waals surface area contributed by atoms with E-state index in [1.807, 2.05) is 11.8 Å². The zero-order valence-electron chi connectivity index (χ0n) is 13.7. The highest BCUT2D eigenvalue weighted by molar-refractivity contribution is 7.99. The summed E-state index contributed by atoms with van der Waals surface area (Å²) in [7, 11) is 0. The highest BCUT2D eigenvalue weighted by atomic mass is 32.2. The first-order chi connectivity index (χ1) is 9.46.